The Balaban J connectivity index is 1.36. The first-order valence-electron chi connectivity index (χ1n) is 11.8. The molecular weight excluding hydrogens is 485 g/mol. The highest BCUT2D eigenvalue weighted by Crippen LogP contribution is 2.36. The third-order valence-electron chi connectivity index (χ3n) is 6.42. The van der Waals surface area contributed by atoms with Gasteiger partial charge in [-0.25, -0.2) is 22.8 Å². The molecule has 1 fully saturated rings. The van der Waals surface area contributed by atoms with Crippen molar-refractivity contribution in [2.24, 2.45) is 0 Å². The number of hydrogen-bond acceptors (Lipinski definition) is 9. The molecule has 0 unspecified atom stereocenters. The Morgan fingerprint density at radius 1 is 1.08 bits per heavy atom. The Hall–Kier alpha value is -3.47. The summed E-state index contributed by atoms with van der Waals surface area (Å²) in [5, 5.41) is 4.68. The van der Waals surface area contributed by atoms with Crippen LogP contribution < -0.4 is 4.74 Å². The second kappa shape index (κ2) is 9.53. The van der Waals surface area contributed by atoms with E-state index < -0.39 is 15.7 Å². The van der Waals surface area contributed by atoms with Gasteiger partial charge in [0.1, 0.15) is 23.8 Å². The van der Waals surface area contributed by atoms with Crippen molar-refractivity contribution < 1.29 is 22.1 Å². The number of halogens is 1. The summed E-state index contributed by atoms with van der Waals surface area (Å²) < 4.78 is 50.2. The highest BCUT2D eigenvalue weighted by Gasteiger charge is 2.28. The van der Waals surface area contributed by atoms with Gasteiger partial charge < -0.3 is 9.26 Å². The van der Waals surface area contributed by atoms with E-state index in [0.717, 1.165) is 43.8 Å². The first-order valence-corrected chi connectivity index (χ1v) is 13.7. The maximum absolute atomic E-state index is 14.9. The Morgan fingerprint density at radius 3 is 2.53 bits per heavy atom. The Labute approximate surface area is 208 Å². The standard InChI is InChI=1S/C25H26FN5O4S/c1-14(2)23-30-24(35-31-23)15-4-6-16(7-5-15)34-25-19-10-11-27-21(22(19)28-13-29-25)18-9-8-17(12-20(18)26)36(3,32)33/h8-16H,4-7H2,1-3H3. The van der Waals surface area contributed by atoms with Crippen molar-refractivity contribution in [3.8, 4) is 17.1 Å². The average molecular weight is 512 g/mol. The van der Waals surface area contributed by atoms with Crippen LogP contribution in [-0.2, 0) is 9.84 Å². The second-order valence-electron chi connectivity index (χ2n) is 9.39. The summed E-state index contributed by atoms with van der Waals surface area (Å²) in [5.41, 5.74) is 0.867. The molecule has 9 nitrogen and oxygen atoms in total. The number of sulfone groups is 1. The molecule has 0 N–H and O–H groups in total. The minimum atomic E-state index is -3.53. The molecular formula is C25H26FN5O4S. The van der Waals surface area contributed by atoms with Gasteiger partial charge in [0.05, 0.1) is 16.0 Å². The van der Waals surface area contributed by atoms with Crippen molar-refractivity contribution in [2.45, 2.75) is 62.4 Å². The van der Waals surface area contributed by atoms with Crippen LogP contribution in [0.4, 0.5) is 4.39 Å². The fourth-order valence-corrected chi connectivity index (χ4v) is 5.04. The number of aromatic nitrogens is 5. The molecule has 0 spiro atoms. The number of pyridine rings is 1. The minimum Gasteiger partial charge on any atom is -0.474 e. The minimum absolute atomic E-state index is 0.0470. The summed E-state index contributed by atoms with van der Waals surface area (Å²) in [6.07, 6.45) is 7.21. The predicted octanol–water partition coefficient (Wildman–Crippen LogP) is 4.85. The summed E-state index contributed by atoms with van der Waals surface area (Å²) in [4.78, 5) is 17.4. The van der Waals surface area contributed by atoms with E-state index >= 15 is 0 Å². The molecule has 5 rings (SSSR count). The molecule has 3 aromatic heterocycles. The van der Waals surface area contributed by atoms with Crippen molar-refractivity contribution in [3.05, 3.63) is 54.3 Å². The SMILES string of the molecule is CC(C)c1noc(C2CCC(Oc3ncnc4c(-c5ccc(S(C)(=O)=O)cc5F)nccc34)CC2)n1. The zero-order chi connectivity index (χ0) is 25.4. The average Bonchev–Trinajstić information content (AvgIpc) is 3.35. The molecule has 11 heteroatoms. The maximum Gasteiger partial charge on any atom is 0.229 e. The van der Waals surface area contributed by atoms with Crippen LogP contribution >= 0.6 is 0 Å². The number of fused-ring (bicyclic) bond motifs is 1. The van der Waals surface area contributed by atoms with Crippen LogP contribution in [0.5, 0.6) is 5.88 Å². The Bertz CT molecular complexity index is 1510. The summed E-state index contributed by atoms with van der Waals surface area (Å²) in [5.74, 6) is 1.55. The lowest BCUT2D eigenvalue weighted by Gasteiger charge is -2.27. The lowest BCUT2D eigenvalue weighted by atomic mass is 9.87. The van der Waals surface area contributed by atoms with E-state index in [1.165, 1.54) is 24.7 Å². The number of hydrogen-bond donors (Lipinski definition) is 0. The van der Waals surface area contributed by atoms with Gasteiger partial charge in [-0.3, -0.25) is 4.98 Å². The molecule has 0 aliphatic heterocycles. The van der Waals surface area contributed by atoms with Gasteiger partial charge in [0, 0.05) is 29.9 Å². The largest absolute Gasteiger partial charge is 0.474 e. The molecule has 1 aliphatic carbocycles. The number of rotatable bonds is 6. The third-order valence-corrected chi connectivity index (χ3v) is 7.53. The third kappa shape index (κ3) is 4.79. The summed E-state index contributed by atoms with van der Waals surface area (Å²) in [6, 6.07) is 5.49. The molecule has 1 aromatic carbocycles. The lowest BCUT2D eigenvalue weighted by molar-refractivity contribution is 0.135. The van der Waals surface area contributed by atoms with Crippen LogP contribution in [0.25, 0.3) is 22.2 Å². The van der Waals surface area contributed by atoms with Crippen molar-refractivity contribution in [1.82, 2.24) is 25.1 Å². The highest BCUT2D eigenvalue weighted by molar-refractivity contribution is 7.90. The zero-order valence-electron chi connectivity index (χ0n) is 20.2. The normalized spacial score (nSPS) is 18.6. The van der Waals surface area contributed by atoms with Crippen molar-refractivity contribution in [1.29, 1.82) is 0 Å². The van der Waals surface area contributed by atoms with Crippen molar-refractivity contribution in [2.75, 3.05) is 6.26 Å². The van der Waals surface area contributed by atoms with Crippen molar-refractivity contribution >= 4 is 20.7 Å². The van der Waals surface area contributed by atoms with Gasteiger partial charge in [0.2, 0.25) is 11.8 Å². The topological polar surface area (TPSA) is 121 Å². The number of benzene rings is 1. The first-order chi connectivity index (χ1) is 17.2. The fraction of sp³-hybridized carbons (Fsp3) is 0.400. The highest BCUT2D eigenvalue weighted by atomic mass is 32.2. The van der Waals surface area contributed by atoms with E-state index in [9.17, 15) is 12.8 Å². The van der Waals surface area contributed by atoms with Gasteiger partial charge in [0.25, 0.3) is 0 Å². The molecule has 0 atom stereocenters. The Kier molecular flexibility index (Phi) is 6.42. The molecule has 0 bridgehead atoms. The van der Waals surface area contributed by atoms with Gasteiger partial charge in [-0.1, -0.05) is 19.0 Å². The summed E-state index contributed by atoms with van der Waals surface area (Å²) in [7, 11) is -3.53. The Morgan fingerprint density at radius 2 is 1.86 bits per heavy atom. The van der Waals surface area contributed by atoms with Crippen LogP contribution in [0, 0.1) is 5.82 Å². The van der Waals surface area contributed by atoms with E-state index in [0.29, 0.717) is 28.4 Å². The van der Waals surface area contributed by atoms with Gasteiger partial charge in [0.15, 0.2) is 15.7 Å². The molecule has 1 aliphatic rings. The molecule has 0 saturated heterocycles. The van der Waals surface area contributed by atoms with Crippen molar-refractivity contribution in [3.63, 3.8) is 0 Å². The molecule has 4 aromatic rings. The molecule has 36 heavy (non-hydrogen) atoms. The second-order valence-corrected chi connectivity index (χ2v) is 11.4. The first kappa shape index (κ1) is 24.2. The van der Waals surface area contributed by atoms with Gasteiger partial charge in [-0.05, 0) is 49.9 Å². The summed E-state index contributed by atoms with van der Waals surface area (Å²) in [6.45, 7) is 4.07. The van der Waals surface area contributed by atoms with Gasteiger partial charge >= 0.3 is 0 Å². The summed E-state index contributed by atoms with van der Waals surface area (Å²) >= 11 is 0. The maximum atomic E-state index is 14.9. The molecule has 0 radical (unpaired) electrons. The zero-order valence-corrected chi connectivity index (χ0v) is 21.0. The van der Waals surface area contributed by atoms with Crippen LogP contribution in [0.2, 0.25) is 0 Å². The van der Waals surface area contributed by atoms with Crippen LogP contribution in [0.15, 0.2) is 46.2 Å². The van der Waals surface area contributed by atoms with E-state index in [2.05, 4.69) is 25.1 Å². The van der Waals surface area contributed by atoms with Gasteiger partial charge in [-0.2, -0.15) is 4.98 Å². The molecule has 3 heterocycles. The lowest BCUT2D eigenvalue weighted by Crippen LogP contribution is -2.24. The van der Waals surface area contributed by atoms with E-state index in [1.54, 1.807) is 6.07 Å². The van der Waals surface area contributed by atoms with Gasteiger partial charge in [-0.15, -0.1) is 0 Å². The van der Waals surface area contributed by atoms with Crippen LogP contribution in [-0.4, -0.2) is 45.9 Å². The monoisotopic (exact) mass is 511 g/mol. The van der Waals surface area contributed by atoms with Crippen LogP contribution in [0.3, 0.4) is 0 Å². The number of ether oxygens (including phenoxy) is 1. The fourth-order valence-electron chi connectivity index (χ4n) is 4.41. The quantitative estimate of drug-likeness (QED) is 0.358. The molecule has 0 amide bonds. The van der Waals surface area contributed by atoms with E-state index in [1.807, 2.05) is 13.8 Å². The van der Waals surface area contributed by atoms with E-state index in [-0.39, 0.29) is 28.4 Å². The van der Waals surface area contributed by atoms with Crippen LogP contribution in [0.1, 0.15) is 63.1 Å². The predicted molar refractivity (Wildman–Crippen MR) is 130 cm³/mol. The molecule has 1 saturated carbocycles. The number of nitrogens with zero attached hydrogens (tertiary/aromatic N) is 5. The van der Waals surface area contributed by atoms with E-state index in [4.69, 9.17) is 9.26 Å². The molecule has 188 valence electrons. The smallest absolute Gasteiger partial charge is 0.229 e.